The predicted molar refractivity (Wildman–Crippen MR) is 286 cm³/mol. The molecule has 0 aliphatic carbocycles. The van der Waals surface area contributed by atoms with Gasteiger partial charge in [-0.15, -0.1) is 0 Å². The van der Waals surface area contributed by atoms with Crippen LogP contribution in [0.4, 0.5) is 105 Å². The Hall–Kier alpha value is -9.24. The summed E-state index contributed by atoms with van der Waals surface area (Å²) in [6, 6.07) is 7.98. The van der Waals surface area contributed by atoms with E-state index in [0.717, 1.165) is 0 Å². The summed E-state index contributed by atoms with van der Waals surface area (Å²) in [7, 11) is -16.1. The maximum absolute atomic E-state index is 14.8. The summed E-state index contributed by atoms with van der Waals surface area (Å²) in [6.07, 6.45) is 0. The standard InChI is InChI=1S/3C20H5F8O4P.Sc/c3*21-13-5-1-3-7-11(9(5)15(23)19(27)17(13)25)12-8(32-33(29,30)31-7)4-2-6-10(12)16(24)20(28)18(26)14(6)22;/h3*1-4H,(H,29,30);/q;;;+3/p-3. The molecular weight excluding hydrogens is 1510 g/mol. The van der Waals surface area contributed by atoms with Crippen LogP contribution < -0.4 is 41.8 Å². The topological polar surface area (TPSA) is 176 Å². The minimum atomic E-state index is -5.37. The van der Waals surface area contributed by atoms with Gasteiger partial charge in [-0.3, -0.25) is 0 Å². The van der Waals surface area contributed by atoms with E-state index in [0.29, 0.717) is 72.8 Å². The average molecular weight is 1520 g/mol. The van der Waals surface area contributed by atoms with Gasteiger partial charge in [-0.05, 0) is 72.8 Å². The van der Waals surface area contributed by atoms with Crippen molar-refractivity contribution in [3.63, 3.8) is 0 Å². The Kier molecular flexibility index (Phi) is 17.1. The Balaban J connectivity index is 0.000000141. The van der Waals surface area contributed by atoms with Gasteiger partial charge in [0, 0.05) is 98.0 Å². The Morgan fingerprint density at radius 3 is 0.420 bits per heavy atom. The Labute approximate surface area is 552 Å². The second-order valence-corrected chi connectivity index (χ2v) is 24.4. The van der Waals surface area contributed by atoms with E-state index in [1.54, 1.807) is 0 Å². The number of benzene rings is 12. The van der Waals surface area contributed by atoms with Crippen molar-refractivity contribution in [1.82, 2.24) is 0 Å². The van der Waals surface area contributed by atoms with Crippen LogP contribution in [0, 0.1) is 140 Å². The van der Waals surface area contributed by atoms with Crippen molar-refractivity contribution in [3.05, 3.63) is 212 Å². The summed E-state index contributed by atoms with van der Waals surface area (Å²) < 4.78 is 407. The number of phosphoric acid groups is 3. The average Bonchev–Trinajstić information content (AvgIpc) is 1.27. The van der Waals surface area contributed by atoms with Gasteiger partial charge in [0.15, 0.2) is 140 Å². The molecule has 100 heavy (non-hydrogen) atoms. The van der Waals surface area contributed by atoms with Crippen LogP contribution in [0.5, 0.6) is 34.5 Å². The number of fused-ring (bicyclic) bond motifs is 21. The maximum Gasteiger partial charge on any atom is 3.00 e. The molecule has 3 heterocycles. The zero-order chi connectivity index (χ0) is 71.9. The Morgan fingerprint density at radius 2 is 0.300 bits per heavy atom. The van der Waals surface area contributed by atoms with Crippen LogP contribution in [-0.4, -0.2) is 0 Å². The quantitative estimate of drug-likeness (QED) is 0.0609. The molecule has 15 rings (SSSR count). The van der Waals surface area contributed by atoms with E-state index >= 15 is 0 Å². The number of halogens is 24. The SMILES string of the molecule is O=P1([O-])Oc2ccc3c(F)c(F)c(F)c(F)c3c2-c2c(ccc3c(F)c(F)c(F)c(F)c23)O1.O=P1([O-])Oc2ccc3c(F)c(F)c(F)c(F)c3c2-c2c(ccc3c(F)c(F)c(F)c(F)c23)O1.O=P1([O-])Oc2ccc3c(F)c(F)c(F)c(F)c3c2-c2c(ccc3c(F)c(F)c(F)c(F)c23)O1.[Sc+3]. The van der Waals surface area contributed by atoms with Gasteiger partial charge in [0.25, 0.3) is 0 Å². The van der Waals surface area contributed by atoms with Crippen LogP contribution >= 0.6 is 23.5 Å². The van der Waals surface area contributed by atoms with E-state index in [-0.39, 0.29) is 25.8 Å². The van der Waals surface area contributed by atoms with Crippen molar-refractivity contribution in [2.24, 2.45) is 0 Å². The van der Waals surface area contributed by atoms with E-state index < -0.39 is 296 Å². The van der Waals surface area contributed by atoms with Gasteiger partial charge in [0.05, 0.1) is 0 Å². The summed E-state index contributed by atoms with van der Waals surface area (Å²) in [5.74, 6) is -56.1. The fraction of sp³-hybridized carbons (Fsp3) is 0. The molecule has 0 fully saturated rings. The van der Waals surface area contributed by atoms with Crippen LogP contribution in [0.2, 0.25) is 0 Å². The first kappa shape index (κ1) is 70.6. The summed E-state index contributed by atoms with van der Waals surface area (Å²) >= 11 is 0. The van der Waals surface area contributed by atoms with Gasteiger partial charge in [0.2, 0.25) is 0 Å². The molecule has 3 aliphatic rings. The Morgan fingerprint density at radius 1 is 0.190 bits per heavy atom. The first-order valence-electron chi connectivity index (χ1n) is 26.2. The third-order valence-electron chi connectivity index (χ3n) is 15.2. The summed E-state index contributed by atoms with van der Waals surface area (Å²) in [5.41, 5.74) is -5.58. The third kappa shape index (κ3) is 10.5. The van der Waals surface area contributed by atoms with E-state index in [1.807, 2.05) is 0 Å². The van der Waals surface area contributed by atoms with Crippen molar-refractivity contribution in [1.29, 1.82) is 0 Å². The fourth-order valence-corrected chi connectivity index (χ4v) is 13.7. The molecule has 0 amide bonds. The smallest absolute Gasteiger partial charge is 0.736 e. The molecule has 0 spiro atoms. The van der Waals surface area contributed by atoms with Crippen LogP contribution in [0.15, 0.2) is 72.8 Å². The largest absolute Gasteiger partial charge is 3.00 e. The fourth-order valence-electron chi connectivity index (χ4n) is 11.2. The van der Waals surface area contributed by atoms with Gasteiger partial charge < -0.3 is 41.8 Å². The molecule has 0 N–H and O–H groups in total. The van der Waals surface area contributed by atoms with Gasteiger partial charge in [-0.25, -0.2) is 119 Å². The molecular formula is C60H12F24O12P3Sc. The first-order chi connectivity index (χ1) is 46.3. The monoisotopic (exact) mass is 1520 g/mol. The van der Waals surface area contributed by atoms with Crippen molar-refractivity contribution in [3.8, 4) is 67.9 Å². The summed E-state index contributed by atoms with van der Waals surface area (Å²) in [4.78, 5) is 36.6. The van der Waals surface area contributed by atoms with Gasteiger partial charge in [-0.1, -0.05) is 0 Å². The first-order valence-corrected chi connectivity index (χ1v) is 30.5. The van der Waals surface area contributed by atoms with E-state index in [1.165, 1.54) is 0 Å². The summed E-state index contributed by atoms with van der Waals surface area (Å²) in [6.45, 7) is 0. The molecule has 40 heteroatoms. The normalized spacial score (nSPS) is 14.3. The van der Waals surface area contributed by atoms with Gasteiger partial charge in [-0.2, -0.15) is 0 Å². The second-order valence-electron chi connectivity index (χ2n) is 20.6. The minimum Gasteiger partial charge on any atom is -0.736 e. The van der Waals surface area contributed by atoms with Crippen LogP contribution in [-0.2, 0) is 39.5 Å². The molecule has 12 aromatic carbocycles. The van der Waals surface area contributed by atoms with Gasteiger partial charge in [0.1, 0.15) is 34.5 Å². The zero-order valence-corrected chi connectivity index (χ0v) is 51.3. The molecule has 0 radical (unpaired) electrons. The molecule has 0 unspecified atom stereocenters. The molecule has 12 nitrogen and oxygen atoms in total. The van der Waals surface area contributed by atoms with E-state index in [9.17, 15) is 134 Å². The number of hydrogen-bond donors (Lipinski definition) is 0. The number of hydrogen-bond acceptors (Lipinski definition) is 12. The third-order valence-corrected chi connectivity index (χ3v) is 17.7. The molecule has 0 atom stereocenters. The van der Waals surface area contributed by atoms with Crippen LogP contribution in [0.3, 0.4) is 0 Å². The molecule has 0 saturated carbocycles. The second kappa shape index (κ2) is 24.3. The molecule has 12 aromatic rings. The molecule has 0 aromatic heterocycles. The van der Waals surface area contributed by atoms with E-state index in [4.69, 9.17) is 0 Å². The van der Waals surface area contributed by atoms with Crippen LogP contribution in [0.1, 0.15) is 0 Å². The van der Waals surface area contributed by atoms with Crippen molar-refractivity contribution in [2.75, 3.05) is 0 Å². The van der Waals surface area contributed by atoms with Crippen molar-refractivity contribution in [2.45, 2.75) is 0 Å². The minimum absolute atomic E-state index is 0. The molecule has 3 aliphatic heterocycles. The summed E-state index contributed by atoms with van der Waals surface area (Å²) in [5, 5.41) is -12.5. The van der Waals surface area contributed by atoms with Crippen LogP contribution in [0.25, 0.3) is 98.0 Å². The molecule has 0 bridgehead atoms. The van der Waals surface area contributed by atoms with Crippen molar-refractivity contribution < 1.29 is 187 Å². The maximum atomic E-state index is 14.8. The number of rotatable bonds is 0. The molecule has 510 valence electrons. The number of phosphoric ester groups is 3. The van der Waals surface area contributed by atoms with E-state index in [2.05, 4.69) is 27.1 Å². The Bertz CT molecular complexity index is 5040. The predicted octanol–water partition coefficient (Wildman–Crippen LogP) is 18.0. The zero-order valence-electron chi connectivity index (χ0n) is 46.8. The molecule has 0 saturated heterocycles. The van der Waals surface area contributed by atoms with Gasteiger partial charge >= 0.3 is 49.3 Å². The van der Waals surface area contributed by atoms with Crippen molar-refractivity contribution >= 4 is 88.1 Å².